The number of rotatable bonds is 3. The lowest BCUT2D eigenvalue weighted by Gasteiger charge is -2.35. The van der Waals surface area contributed by atoms with Crippen LogP contribution in [-0.2, 0) is 13.6 Å². The lowest BCUT2D eigenvalue weighted by molar-refractivity contribution is 0.0214. The number of nitrogens with zero attached hydrogens (tertiary/aromatic N) is 3. The highest BCUT2D eigenvalue weighted by atomic mass is 35.5. The molecule has 2 rings (SSSR count). The minimum atomic E-state index is -0.144. The molecule has 0 aromatic carbocycles. The second-order valence-electron chi connectivity index (χ2n) is 5.23. The molecule has 0 aliphatic carbocycles. The Morgan fingerprint density at radius 2 is 2.22 bits per heavy atom. The van der Waals surface area contributed by atoms with Crippen LogP contribution in [0.25, 0.3) is 0 Å². The van der Waals surface area contributed by atoms with Crippen molar-refractivity contribution in [2.24, 2.45) is 13.0 Å². The number of hydrogen-bond acceptors (Lipinski definition) is 3. The van der Waals surface area contributed by atoms with Crippen LogP contribution in [0.5, 0.6) is 0 Å². The van der Waals surface area contributed by atoms with Crippen LogP contribution in [0, 0.1) is 12.8 Å². The molecule has 0 spiro atoms. The molecule has 1 fully saturated rings. The first-order valence-corrected chi connectivity index (χ1v) is 6.99. The summed E-state index contributed by atoms with van der Waals surface area (Å²) in [7, 11) is 1.93. The molecule has 2 heterocycles. The SMILES string of the molecule is CCC1CN(Cc2c(Cl)c(C)nn2C)CCC1O. The molecule has 1 aliphatic heterocycles. The number of aryl methyl sites for hydroxylation is 2. The van der Waals surface area contributed by atoms with Crippen LogP contribution in [0.2, 0.25) is 5.02 Å². The minimum Gasteiger partial charge on any atom is -0.393 e. The summed E-state index contributed by atoms with van der Waals surface area (Å²) in [6.45, 7) is 6.76. The van der Waals surface area contributed by atoms with E-state index in [4.69, 9.17) is 11.6 Å². The number of aromatic nitrogens is 2. The lowest BCUT2D eigenvalue weighted by atomic mass is 9.92. The van der Waals surface area contributed by atoms with Gasteiger partial charge >= 0.3 is 0 Å². The van der Waals surface area contributed by atoms with Gasteiger partial charge in [-0.05, 0) is 25.7 Å². The summed E-state index contributed by atoms with van der Waals surface area (Å²) < 4.78 is 1.86. The van der Waals surface area contributed by atoms with Crippen LogP contribution in [0.3, 0.4) is 0 Å². The van der Waals surface area contributed by atoms with E-state index < -0.39 is 0 Å². The Morgan fingerprint density at radius 1 is 1.50 bits per heavy atom. The van der Waals surface area contributed by atoms with Crippen LogP contribution in [0.4, 0.5) is 0 Å². The number of likely N-dealkylation sites (tertiary alicyclic amines) is 1. The van der Waals surface area contributed by atoms with Gasteiger partial charge in [-0.3, -0.25) is 9.58 Å². The second kappa shape index (κ2) is 5.59. The van der Waals surface area contributed by atoms with Gasteiger partial charge in [0, 0.05) is 26.7 Å². The molecule has 1 aromatic rings. The van der Waals surface area contributed by atoms with Crippen LogP contribution in [-0.4, -0.2) is 39.0 Å². The van der Waals surface area contributed by atoms with E-state index >= 15 is 0 Å². The van der Waals surface area contributed by atoms with Crippen LogP contribution >= 0.6 is 11.6 Å². The van der Waals surface area contributed by atoms with Gasteiger partial charge in [0.1, 0.15) is 0 Å². The molecule has 2 unspecified atom stereocenters. The maximum atomic E-state index is 9.90. The highest BCUT2D eigenvalue weighted by molar-refractivity contribution is 6.31. The molecule has 102 valence electrons. The van der Waals surface area contributed by atoms with Crippen LogP contribution in [0.15, 0.2) is 0 Å². The Labute approximate surface area is 114 Å². The topological polar surface area (TPSA) is 41.3 Å². The summed E-state index contributed by atoms with van der Waals surface area (Å²) in [6, 6.07) is 0. The van der Waals surface area contributed by atoms with E-state index in [1.54, 1.807) is 0 Å². The molecular weight excluding hydrogens is 250 g/mol. The molecule has 5 heteroatoms. The van der Waals surface area contributed by atoms with Gasteiger partial charge in [-0.15, -0.1) is 0 Å². The average molecular weight is 272 g/mol. The molecule has 2 atom stereocenters. The fourth-order valence-corrected chi connectivity index (χ4v) is 2.92. The van der Waals surface area contributed by atoms with Gasteiger partial charge < -0.3 is 5.11 Å². The summed E-state index contributed by atoms with van der Waals surface area (Å²) in [5, 5.41) is 15.0. The summed E-state index contributed by atoms with van der Waals surface area (Å²) >= 11 is 6.27. The van der Waals surface area contributed by atoms with Crippen molar-refractivity contribution in [2.75, 3.05) is 13.1 Å². The predicted octanol–water partition coefficient (Wildman–Crippen LogP) is 1.97. The zero-order valence-electron chi connectivity index (χ0n) is 11.4. The van der Waals surface area contributed by atoms with E-state index in [0.717, 1.165) is 48.9 Å². The maximum absolute atomic E-state index is 9.90. The number of aliphatic hydroxyl groups is 1. The molecule has 0 bridgehead atoms. The van der Waals surface area contributed by atoms with Gasteiger partial charge in [0.05, 0.1) is 22.5 Å². The van der Waals surface area contributed by atoms with Gasteiger partial charge in [0.15, 0.2) is 0 Å². The van der Waals surface area contributed by atoms with E-state index in [9.17, 15) is 5.11 Å². The van der Waals surface area contributed by atoms with Crippen molar-refractivity contribution in [1.82, 2.24) is 14.7 Å². The maximum Gasteiger partial charge on any atom is 0.0860 e. The van der Waals surface area contributed by atoms with Crippen molar-refractivity contribution in [1.29, 1.82) is 0 Å². The van der Waals surface area contributed by atoms with Crippen molar-refractivity contribution < 1.29 is 5.11 Å². The summed E-state index contributed by atoms with van der Waals surface area (Å²) in [5.74, 6) is 0.381. The first-order valence-electron chi connectivity index (χ1n) is 6.61. The molecule has 1 N–H and O–H groups in total. The van der Waals surface area contributed by atoms with Crippen LogP contribution in [0.1, 0.15) is 31.2 Å². The van der Waals surface area contributed by atoms with Crippen molar-refractivity contribution in [2.45, 2.75) is 39.3 Å². The fraction of sp³-hybridized carbons (Fsp3) is 0.769. The molecule has 1 saturated heterocycles. The Morgan fingerprint density at radius 3 is 2.78 bits per heavy atom. The van der Waals surface area contributed by atoms with E-state index in [1.807, 2.05) is 18.7 Å². The zero-order valence-corrected chi connectivity index (χ0v) is 12.1. The number of piperidine rings is 1. The Hall–Kier alpha value is -0.580. The highest BCUT2D eigenvalue weighted by Crippen LogP contribution is 2.25. The number of aliphatic hydroxyl groups excluding tert-OH is 1. The standard InChI is InChI=1S/C13H22ClN3O/c1-4-10-7-17(6-5-12(10)18)8-11-13(14)9(2)15-16(11)3/h10,12,18H,4-8H2,1-3H3. The summed E-state index contributed by atoms with van der Waals surface area (Å²) in [5.41, 5.74) is 1.96. The quantitative estimate of drug-likeness (QED) is 0.914. The normalized spacial score (nSPS) is 25.6. The van der Waals surface area contributed by atoms with Gasteiger partial charge in [-0.25, -0.2) is 0 Å². The van der Waals surface area contributed by atoms with E-state index in [2.05, 4.69) is 16.9 Å². The molecule has 1 aromatic heterocycles. The van der Waals surface area contributed by atoms with Crippen molar-refractivity contribution in [3.05, 3.63) is 16.4 Å². The van der Waals surface area contributed by atoms with Crippen LogP contribution < -0.4 is 0 Å². The third kappa shape index (κ3) is 2.71. The molecule has 1 aliphatic rings. The van der Waals surface area contributed by atoms with Gasteiger partial charge in [-0.2, -0.15) is 5.10 Å². The number of hydrogen-bond donors (Lipinski definition) is 1. The zero-order chi connectivity index (χ0) is 13.3. The third-order valence-electron chi connectivity index (χ3n) is 3.94. The molecule has 0 amide bonds. The first kappa shape index (κ1) is 13.8. The molecule has 18 heavy (non-hydrogen) atoms. The van der Waals surface area contributed by atoms with Gasteiger partial charge in [0.2, 0.25) is 0 Å². The fourth-order valence-electron chi connectivity index (χ4n) is 2.70. The Balaban J connectivity index is 2.05. The second-order valence-corrected chi connectivity index (χ2v) is 5.61. The first-order chi connectivity index (χ1) is 8.52. The van der Waals surface area contributed by atoms with Gasteiger partial charge in [-0.1, -0.05) is 18.5 Å². The van der Waals surface area contributed by atoms with Crippen molar-refractivity contribution in [3.8, 4) is 0 Å². The monoisotopic (exact) mass is 271 g/mol. The van der Waals surface area contributed by atoms with E-state index in [1.165, 1.54) is 0 Å². The van der Waals surface area contributed by atoms with Crippen molar-refractivity contribution in [3.63, 3.8) is 0 Å². The summed E-state index contributed by atoms with van der Waals surface area (Å²) in [4.78, 5) is 2.36. The predicted molar refractivity (Wildman–Crippen MR) is 72.6 cm³/mol. The molecule has 4 nitrogen and oxygen atoms in total. The Bertz CT molecular complexity index is 419. The third-order valence-corrected chi connectivity index (χ3v) is 4.43. The molecule has 0 radical (unpaired) electrons. The Kier molecular flexibility index (Phi) is 4.30. The largest absolute Gasteiger partial charge is 0.393 e. The molecule has 0 saturated carbocycles. The lowest BCUT2D eigenvalue weighted by Crippen LogP contribution is -2.42. The van der Waals surface area contributed by atoms with E-state index in [0.29, 0.717) is 5.92 Å². The summed E-state index contributed by atoms with van der Waals surface area (Å²) in [6.07, 6.45) is 1.73. The number of halogens is 1. The van der Waals surface area contributed by atoms with Gasteiger partial charge in [0.25, 0.3) is 0 Å². The molecular formula is C13H22ClN3O. The van der Waals surface area contributed by atoms with Crippen molar-refractivity contribution >= 4 is 11.6 Å². The average Bonchev–Trinajstić information content (AvgIpc) is 2.58. The van der Waals surface area contributed by atoms with E-state index in [-0.39, 0.29) is 6.10 Å². The highest BCUT2D eigenvalue weighted by Gasteiger charge is 2.27. The smallest absolute Gasteiger partial charge is 0.0860 e. The minimum absolute atomic E-state index is 0.144.